The van der Waals surface area contributed by atoms with E-state index in [1.165, 1.54) is 24.6 Å². The number of nitrogens with zero attached hydrogens (tertiary/aromatic N) is 2. The van der Waals surface area contributed by atoms with Gasteiger partial charge in [0, 0.05) is 24.1 Å². The molecule has 1 saturated heterocycles. The van der Waals surface area contributed by atoms with Crippen molar-refractivity contribution in [3.8, 4) is 5.75 Å². The first kappa shape index (κ1) is 29.5. The molecule has 1 fully saturated rings. The third kappa shape index (κ3) is 7.37. The minimum atomic E-state index is -0.430. The monoisotopic (exact) mass is 563 g/mol. The van der Waals surface area contributed by atoms with E-state index in [9.17, 15) is 9.59 Å². The second-order valence-electron chi connectivity index (χ2n) is 10.8. The Morgan fingerprint density at radius 3 is 2.58 bits per heavy atom. The Balaban J connectivity index is 1.60. The minimum absolute atomic E-state index is 0.00856. The lowest BCUT2D eigenvalue weighted by Gasteiger charge is -2.27. The predicted molar refractivity (Wildman–Crippen MR) is 160 cm³/mol. The second kappa shape index (κ2) is 13.2. The third-order valence-electron chi connectivity index (χ3n) is 6.83. The number of nitrogens with one attached hydrogen (secondary N) is 3. The summed E-state index contributed by atoms with van der Waals surface area (Å²) < 4.78 is 6.20. The van der Waals surface area contributed by atoms with Gasteiger partial charge in [-0.2, -0.15) is 4.98 Å². The standard InChI is InChI=1S/C31H38ClN5O3/c1-18(2)29(39)27(38)15-21-10-6-7-11-24(21)35-30-23(32)17-34-31(37-30)36-26-14-20(5)22(16-28(26)40-19(3)4)25-12-8-9-13-33-25/h6-7,10-11,14,16-19,25,33H,8-9,12-13,15H2,1-5H3,(H2,34,35,36,37). The number of anilines is 4. The molecule has 212 valence electrons. The van der Waals surface area contributed by atoms with E-state index in [1.807, 2.05) is 38.1 Å². The summed E-state index contributed by atoms with van der Waals surface area (Å²) in [4.78, 5) is 33.7. The van der Waals surface area contributed by atoms with E-state index in [0.29, 0.717) is 34.1 Å². The minimum Gasteiger partial charge on any atom is -0.489 e. The van der Waals surface area contributed by atoms with Crippen LogP contribution in [0.25, 0.3) is 0 Å². The summed E-state index contributed by atoms with van der Waals surface area (Å²) in [7, 11) is 0. The topological polar surface area (TPSA) is 105 Å². The Kier molecular flexibility index (Phi) is 9.76. The molecule has 0 saturated carbocycles. The highest BCUT2D eigenvalue weighted by atomic mass is 35.5. The van der Waals surface area contributed by atoms with Crippen molar-refractivity contribution in [2.45, 2.75) is 72.4 Å². The van der Waals surface area contributed by atoms with Crippen molar-refractivity contribution in [3.63, 3.8) is 0 Å². The summed E-state index contributed by atoms with van der Waals surface area (Å²) in [6, 6.07) is 11.8. The van der Waals surface area contributed by atoms with Crippen LogP contribution in [0.2, 0.25) is 5.02 Å². The van der Waals surface area contributed by atoms with Crippen molar-refractivity contribution in [2.24, 2.45) is 5.92 Å². The SMILES string of the molecule is Cc1cc(Nc2ncc(Cl)c(Nc3ccccc3CC(=O)C(=O)C(C)C)n2)c(OC(C)C)cc1C1CCCCN1. The van der Waals surface area contributed by atoms with Crippen LogP contribution < -0.4 is 20.7 Å². The van der Waals surface area contributed by atoms with E-state index in [1.54, 1.807) is 13.8 Å². The van der Waals surface area contributed by atoms with Gasteiger partial charge < -0.3 is 20.7 Å². The molecule has 8 nitrogen and oxygen atoms in total. The van der Waals surface area contributed by atoms with Crippen molar-refractivity contribution < 1.29 is 14.3 Å². The second-order valence-corrected chi connectivity index (χ2v) is 11.2. The van der Waals surface area contributed by atoms with Crippen LogP contribution in [0.1, 0.15) is 69.7 Å². The molecule has 0 amide bonds. The first-order valence-corrected chi connectivity index (χ1v) is 14.3. The van der Waals surface area contributed by atoms with Crippen LogP contribution in [0.15, 0.2) is 42.6 Å². The van der Waals surface area contributed by atoms with Crippen LogP contribution in [-0.2, 0) is 16.0 Å². The summed E-state index contributed by atoms with van der Waals surface area (Å²) in [5, 5.41) is 10.5. The number of hydrogen-bond acceptors (Lipinski definition) is 8. The number of ketones is 2. The molecule has 3 aromatic rings. The molecule has 2 heterocycles. The average Bonchev–Trinajstić information content (AvgIpc) is 2.92. The molecule has 0 spiro atoms. The van der Waals surface area contributed by atoms with E-state index in [2.05, 4.69) is 45.0 Å². The zero-order valence-electron chi connectivity index (χ0n) is 23.8. The van der Waals surface area contributed by atoms with E-state index in [-0.39, 0.29) is 24.2 Å². The lowest BCUT2D eigenvalue weighted by Crippen LogP contribution is -2.27. The van der Waals surface area contributed by atoms with Crippen molar-refractivity contribution >= 4 is 46.3 Å². The number of ether oxygens (including phenoxy) is 1. The molecule has 0 radical (unpaired) electrons. The Morgan fingerprint density at radius 2 is 1.88 bits per heavy atom. The number of benzene rings is 2. The highest BCUT2D eigenvalue weighted by Crippen LogP contribution is 2.36. The van der Waals surface area contributed by atoms with Crippen LogP contribution in [0, 0.1) is 12.8 Å². The lowest BCUT2D eigenvalue weighted by atomic mass is 9.93. The van der Waals surface area contributed by atoms with Gasteiger partial charge >= 0.3 is 0 Å². The highest BCUT2D eigenvalue weighted by molar-refractivity contribution is 6.38. The number of halogens is 1. The van der Waals surface area contributed by atoms with Gasteiger partial charge in [-0.15, -0.1) is 0 Å². The number of carbonyl (C=O) groups excluding carboxylic acids is 2. The first-order valence-electron chi connectivity index (χ1n) is 13.9. The molecule has 1 unspecified atom stereocenters. The highest BCUT2D eigenvalue weighted by Gasteiger charge is 2.21. The molecule has 1 atom stereocenters. The van der Waals surface area contributed by atoms with E-state index in [4.69, 9.17) is 16.3 Å². The van der Waals surface area contributed by atoms with E-state index < -0.39 is 5.78 Å². The van der Waals surface area contributed by atoms with Gasteiger partial charge in [0.2, 0.25) is 17.5 Å². The Bertz CT molecular complexity index is 1370. The normalized spacial score (nSPS) is 15.2. The molecule has 40 heavy (non-hydrogen) atoms. The number of aromatic nitrogens is 2. The zero-order valence-corrected chi connectivity index (χ0v) is 24.6. The van der Waals surface area contributed by atoms with Crippen molar-refractivity contribution in [1.29, 1.82) is 0 Å². The smallest absolute Gasteiger partial charge is 0.229 e. The number of aryl methyl sites for hydroxylation is 1. The molecule has 3 N–H and O–H groups in total. The van der Waals surface area contributed by atoms with Gasteiger partial charge in [-0.3, -0.25) is 9.59 Å². The molecular formula is C31H38ClN5O3. The summed E-state index contributed by atoms with van der Waals surface area (Å²) >= 11 is 6.46. The van der Waals surface area contributed by atoms with Crippen LogP contribution in [0.5, 0.6) is 5.75 Å². The van der Waals surface area contributed by atoms with Gasteiger partial charge in [0.1, 0.15) is 10.8 Å². The molecule has 1 aliphatic rings. The van der Waals surface area contributed by atoms with Crippen LogP contribution in [0.3, 0.4) is 0 Å². The summed E-state index contributed by atoms with van der Waals surface area (Å²) in [5.41, 5.74) is 4.48. The zero-order chi connectivity index (χ0) is 28.8. The Labute approximate surface area is 241 Å². The summed E-state index contributed by atoms with van der Waals surface area (Å²) in [6.45, 7) is 10.6. The molecule has 1 aromatic heterocycles. The largest absolute Gasteiger partial charge is 0.489 e. The molecule has 9 heteroatoms. The van der Waals surface area contributed by atoms with Crippen molar-refractivity contribution in [1.82, 2.24) is 15.3 Å². The number of rotatable bonds is 11. The maximum Gasteiger partial charge on any atom is 0.229 e. The van der Waals surface area contributed by atoms with Gasteiger partial charge in [-0.1, -0.05) is 50.1 Å². The number of piperidine rings is 1. The van der Waals surface area contributed by atoms with Gasteiger partial charge in [0.25, 0.3) is 0 Å². The maximum absolute atomic E-state index is 12.5. The first-order chi connectivity index (χ1) is 19.1. The number of hydrogen-bond donors (Lipinski definition) is 3. The quantitative estimate of drug-likeness (QED) is 0.217. The summed E-state index contributed by atoms with van der Waals surface area (Å²) in [5.74, 6) is 0.280. The van der Waals surface area contributed by atoms with Crippen molar-refractivity contribution in [2.75, 3.05) is 17.2 Å². The van der Waals surface area contributed by atoms with Gasteiger partial charge in [-0.05, 0) is 75.0 Å². The van der Waals surface area contributed by atoms with Gasteiger partial charge in [0.05, 0.1) is 18.0 Å². The molecule has 0 bridgehead atoms. The van der Waals surface area contributed by atoms with Gasteiger partial charge in [0.15, 0.2) is 5.82 Å². The van der Waals surface area contributed by atoms with Crippen LogP contribution >= 0.6 is 11.6 Å². The van der Waals surface area contributed by atoms with Crippen molar-refractivity contribution in [3.05, 3.63) is 64.3 Å². The lowest BCUT2D eigenvalue weighted by molar-refractivity contribution is -0.138. The van der Waals surface area contributed by atoms with Gasteiger partial charge in [-0.25, -0.2) is 4.98 Å². The fraction of sp³-hybridized carbons (Fsp3) is 0.419. The summed E-state index contributed by atoms with van der Waals surface area (Å²) in [6.07, 6.45) is 5.00. The Morgan fingerprint density at radius 1 is 1.10 bits per heavy atom. The molecule has 2 aromatic carbocycles. The molecule has 4 rings (SSSR count). The molecule has 1 aliphatic heterocycles. The number of carbonyl (C=O) groups is 2. The third-order valence-corrected chi connectivity index (χ3v) is 7.10. The van der Waals surface area contributed by atoms with Crippen LogP contribution in [-0.4, -0.2) is 34.2 Å². The fourth-order valence-electron chi connectivity index (χ4n) is 4.79. The average molecular weight is 564 g/mol. The predicted octanol–water partition coefficient (Wildman–Crippen LogP) is 6.86. The van der Waals surface area contributed by atoms with E-state index >= 15 is 0 Å². The number of Topliss-reactive ketones (excluding diaryl/α,β-unsaturated/α-hetero) is 2. The number of para-hydroxylation sites is 1. The van der Waals surface area contributed by atoms with Crippen LogP contribution in [0.4, 0.5) is 23.1 Å². The maximum atomic E-state index is 12.5. The fourth-order valence-corrected chi connectivity index (χ4v) is 4.93. The molecular weight excluding hydrogens is 526 g/mol. The Hall–Kier alpha value is -3.49. The molecule has 0 aliphatic carbocycles. The van der Waals surface area contributed by atoms with E-state index in [0.717, 1.165) is 30.0 Å².